The van der Waals surface area contributed by atoms with Gasteiger partial charge in [0.1, 0.15) is 6.04 Å². The summed E-state index contributed by atoms with van der Waals surface area (Å²) in [7, 11) is 3.48. The van der Waals surface area contributed by atoms with Crippen LogP contribution >= 0.6 is 0 Å². The van der Waals surface area contributed by atoms with Crippen LogP contribution < -0.4 is 0 Å². The largest absolute Gasteiger partial charge is 0.480 e. The molecule has 5 heteroatoms. The Morgan fingerprint density at radius 2 is 2.38 bits per heavy atom. The highest BCUT2D eigenvalue weighted by Crippen LogP contribution is 1.97. The smallest absolute Gasteiger partial charge is 0.322 e. The Morgan fingerprint density at radius 1 is 1.69 bits per heavy atom. The topological polar surface area (TPSA) is 58.4 Å². The normalized spacial score (nSPS) is 13.2. The van der Waals surface area contributed by atoms with Crippen molar-refractivity contribution >= 4 is 5.97 Å². The highest BCUT2D eigenvalue weighted by molar-refractivity contribution is 5.73. The summed E-state index contributed by atoms with van der Waals surface area (Å²) in [4.78, 5) is 12.4. The highest BCUT2D eigenvalue weighted by Gasteiger charge is 2.19. The van der Waals surface area contributed by atoms with Crippen molar-refractivity contribution in [2.75, 3.05) is 14.1 Å². The van der Waals surface area contributed by atoms with Crippen LogP contribution in [0.5, 0.6) is 0 Å². The van der Waals surface area contributed by atoms with Crippen molar-refractivity contribution in [3.05, 3.63) is 18.5 Å². The lowest BCUT2D eigenvalue weighted by Gasteiger charge is -2.19. The Balaban J connectivity index is 2.63. The minimum Gasteiger partial charge on any atom is -0.480 e. The predicted octanol–water partition coefficient (Wildman–Crippen LogP) is -0.102. The van der Waals surface area contributed by atoms with E-state index in [9.17, 15) is 4.79 Å². The van der Waals surface area contributed by atoms with Gasteiger partial charge in [-0.25, -0.2) is 0 Å². The Bertz CT molecular complexity index is 269. The van der Waals surface area contributed by atoms with E-state index in [0.29, 0.717) is 6.54 Å². The van der Waals surface area contributed by atoms with Gasteiger partial charge in [-0.3, -0.25) is 14.4 Å². The van der Waals surface area contributed by atoms with E-state index < -0.39 is 12.0 Å². The summed E-state index contributed by atoms with van der Waals surface area (Å²) in [5.41, 5.74) is 0. The van der Waals surface area contributed by atoms with Gasteiger partial charge in [-0.15, -0.1) is 0 Å². The van der Waals surface area contributed by atoms with Crippen LogP contribution in [0, 0.1) is 0 Å². The van der Waals surface area contributed by atoms with Gasteiger partial charge in [0.05, 0.1) is 6.54 Å². The van der Waals surface area contributed by atoms with Crippen LogP contribution in [-0.4, -0.2) is 45.9 Å². The molecule has 1 heterocycles. The quantitative estimate of drug-likeness (QED) is 0.708. The Morgan fingerprint density at radius 3 is 2.77 bits per heavy atom. The van der Waals surface area contributed by atoms with Gasteiger partial charge in [-0.1, -0.05) is 0 Å². The van der Waals surface area contributed by atoms with Crippen LogP contribution in [0.4, 0.5) is 0 Å². The van der Waals surface area contributed by atoms with Gasteiger partial charge in [0, 0.05) is 12.4 Å². The molecule has 0 aliphatic heterocycles. The van der Waals surface area contributed by atoms with Gasteiger partial charge in [-0.05, 0) is 20.2 Å². The Labute approximate surface area is 76.6 Å². The molecule has 0 saturated heterocycles. The van der Waals surface area contributed by atoms with Crippen LogP contribution in [0.1, 0.15) is 0 Å². The molecule has 0 aromatic carbocycles. The molecule has 13 heavy (non-hydrogen) atoms. The first-order valence-electron chi connectivity index (χ1n) is 3.98. The van der Waals surface area contributed by atoms with E-state index in [2.05, 4.69) is 5.10 Å². The first-order chi connectivity index (χ1) is 6.11. The molecule has 1 atom stereocenters. The second kappa shape index (κ2) is 4.04. The van der Waals surface area contributed by atoms with E-state index in [1.54, 1.807) is 42.1 Å². The fourth-order valence-electron chi connectivity index (χ4n) is 1.05. The number of aromatic nitrogens is 2. The first kappa shape index (κ1) is 9.73. The maximum atomic E-state index is 10.8. The highest BCUT2D eigenvalue weighted by atomic mass is 16.4. The van der Waals surface area contributed by atoms with E-state index in [1.165, 1.54) is 0 Å². The molecular formula is C8H13N3O2. The van der Waals surface area contributed by atoms with Gasteiger partial charge in [0.15, 0.2) is 0 Å². The van der Waals surface area contributed by atoms with Gasteiger partial charge in [0.2, 0.25) is 0 Å². The van der Waals surface area contributed by atoms with E-state index in [1.807, 2.05) is 0 Å². The number of likely N-dealkylation sites (N-methyl/N-ethyl adjacent to an activating group) is 1. The minimum absolute atomic E-state index is 0.370. The molecular weight excluding hydrogens is 170 g/mol. The van der Waals surface area contributed by atoms with E-state index in [0.717, 1.165) is 0 Å². The molecule has 1 rings (SSSR count). The molecule has 72 valence electrons. The Hall–Kier alpha value is -1.36. The van der Waals surface area contributed by atoms with E-state index >= 15 is 0 Å². The molecule has 0 aliphatic carbocycles. The fourth-order valence-corrected chi connectivity index (χ4v) is 1.05. The molecule has 1 aromatic heterocycles. The van der Waals surface area contributed by atoms with Crippen LogP contribution in [0.2, 0.25) is 0 Å². The van der Waals surface area contributed by atoms with Crippen molar-refractivity contribution in [1.29, 1.82) is 0 Å². The number of rotatable bonds is 4. The standard InChI is InChI=1S/C8H13N3O2/c1-10(2)7(8(12)13)6-11-5-3-4-9-11/h3-5,7H,6H2,1-2H3,(H,12,13). The van der Waals surface area contributed by atoms with Gasteiger partial charge in [-0.2, -0.15) is 5.10 Å². The zero-order chi connectivity index (χ0) is 9.84. The lowest BCUT2D eigenvalue weighted by atomic mass is 10.3. The number of carbonyl (C=O) groups is 1. The summed E-state index contributed by atoms with van der Waals surface area (Å²) >= 11 is 0. The van der Waals surface area contributed by atoms with Crippen molar-refractivity contribution < 1.29 is 9.90 Å². The SMILES string of the molecule is CN(C)C(Cn1cccn1)C(=O)O. The third kappa shape index (κ3) is 2.55. The number of aliphatic carboxylic acids is 1. The maximum absolute atomic E-state index is 10.8. The van der Waals surface area contributed by atoms with Crippen molar-refractivity contribution in [2.45, 2.75) is 12.6 Å². The molecule has 0 radical (unpaired) electrons. The number of hydrogen-bond acceptors (Lipinski definition) is 3. The third-order valence-electron chi connectivity index (χ3n) is 1.83. The molecule has 5 nitrogen and oxygen atoms in total. The predicted molar refractivity (Wildman–Crippen MR) is 47.3 cm³/mol. The molecule has 1 N–H and O–H groups in total. The summed E-state index contributed by atoms with van der Waals surface area (Å²) in [6.07, 6.45) is 3.38. The number of nitrogens with zero attached hydrogens (tertiary/aromatic N) is 3. The summed E-state index contributed by atoms with van der Waals surface area (Å²) in [5.74, 6) is -0.833. The minimum atomic E-state index is -0.833. The fraction of sp³-hybridized carbons (Fsp3) is 0.500. The zero-order valence-electron chi connectivity index (χ0n) is 7.71. The van der Waals surface area contributed by atoms with Crippen LogP contribution in [0.15, 0.2) is 18.5 Å². The summed E-state index contributed by atoms with van der Waals surface area (Å²) in [6, 6.07) is 1.24. The number of carboxylic acids is 1. The molecule has 0 spiro atoms. The second-order valence-corrected chi connectivity index (χ2v) is 3.05. The molecule has 0 fully saturated rings. The average molecular weight is 183 g/mol. The molecule has 0 bridgehead atoms. The Kier molecular flexibility index (Phi) is 3.02. The summed E-state index contributed by atoms with van der Waals surface area (Å²) in [5, 5.41) is 12.8. The lowest BCUT2D eigenvalue weighted by molar-refractivity contribution is -0.142. The summed E-state index contributed by atoms with van der Waals surface area (Å²) < 4.78 is 1.61. The van der Waals surface area contributed by atoms with Crippen LogP contribution in [-0.2, 0) is 11.3 Å². The van der Waals surface area contributed by atoms with E-state index in [4.69, 9.17) is 5.11 Å². The maximum Gasteiger partial charge on any atom is 0.322 e. The van der Waals surface area contributed by atoms with Gasteiger partial charge in [0.25, 0.3) is 0 Å². The molecule has 1 aromatic rings. The van der Waals surface area contributed by atoms with Gasteiger partial charge < -0.3 is 5.11 Å². The lowest BCUT2D eigenvalue weighted by Crippen LogP contribution is -2.39. The molecule has 0 aliphatic rings. The number of hydrogen-bond donors (Lipinski definition) is 1. The zero-order valence-corrected chi connectivity index (χ0v) is 7.71. The van der Waals surface area contributed by atoms with Crippen molar-refractivity contribution in [3.8, 4) is 0 Å². The van der Waals surface area contributed by atoms with Gasteiger partial charge >= 0.3 is 5.97 Å². The monoisotopic (exact) mass is 183 g/mol. The van der Waals surface area contributed by atoms with E-state index in [-0.39, 0.29) is 0 Å². The van der Waals surface area contributed by atoms with Crippen molar-refractivity contribution in [3.63, 3.8) is 0 Å². The second-order valence-electron chi connectivity index (χ2n) is 3.05. The third-order valence-corrected chi connectivity index (χ3v) is 1.83. The number of carboxylic acid groups (broad SMARTS) is 1. The molecule has 0 saturated carbocycles. The van der Waals surface area contributed by atoms with Crippen molar-refractivity contribution in [1.82, 2.24) is 14.7 Å². The molecule has 1 unspecified atom stereocenters. The summed E-state index contributed by atoms with van der Waals surface area (Å²) in [6.45, 7) is 0.370. The molecule has 0 amide bonds. The first-order valence-corrected chi connectivity index (χ1v) is 3.98. The average Bonchev–Trinajstić information content (AvgIpc) is 2.50. The van der Waals surface area contributed by atoms with Crippen molar-refractivity contribution in [2.24, 2.45) is 0 Å². The van der Waals surface area contributed by atoms with Crippen LogP contribution in [0.25, 0.3) is 0 Å². The van der Waals surface area contributed by atoms with Crippen LogP contribution in [0.3, 0.4) is 0 Å².